The van der Waals surface area contributed by atoms with Crippen LogP contribution < -0.4 is 0 Å². The Morgan fingerprint density at radius 2 is 1.84 bits per heavy atom. The van der Waals surface area contributed by atoms with E-state index in [-0.39, 0.29) is 5.92 Å². The van der Waals surface area contributed by atoms with Crippen molar-refractivity contribution < 1.29 is 15.3 Å². The van der Waals surface area contributed by atoms with Crippen LogP contribution in [-0.4, -0.2) is 27.5 Å². The predicted molar refractivity (Wildman–Crippen MR) is 72.0 cm³/mol. The molecule has 0 aromatic heterocycles. The molecule has 4 unspecified atom stereocenters. The van der Waals surface area contributed by atoms with E-state index in [9.17, 15) is 15.3 Å². The summed E-state index contributed by atoms with van der Waals surface area (Å²) in [5.41, 5.74) is 3.03. The lowest BCUT2D eigenvalue weighted by atomic mass is 9.69. The molecule has 4 rings (SSSR count). The number of benzene rings is 2. The summed E-state index contributed by atoms with van der Waals surface area (Å²) in [7, 11) is 0. The van der Waals surface area contributed by atoms with Gasteiger partial charge < -0.3 is 15.3 Å². The van der Waals surface area contributed by atoms with Gasteiger partial charge in [-0.25, -0.2) is 0 Å². The molecular weight excluding hydrogens is 240 g/mol. The first-order valence-electron chi connectivity index (χ1n) is 6.77. The first kappa shape index (κ1) is 11.4. The maximum atomic E-state index is 10.4. The van der Waals surface area contributed by atoms with Gasteiger partial charge in [0, 0.05) is 5.92 Å². The van der Waals surface area contributed by atoms with Crippen molar-refractivity contribution in [2.24, 2.45) is 0 Å². The van der Waals surface area contributed by atoms with Crippen LogP contribution in [0.25, 0.3) is 10.8 Å². The Labute approximate surface area is 111 Å². The van der Waals surface area contributed by atoms with Crippen molar-refractivity contribution in [3.8, 4) is 0 Å². The van der Waals surface area contributed by atoms with Gasteiger partial charge in [0.1, 0.15) is 6.10 Å². The van der Waals surface area contributed by atoms with Crippen molar-refractivity contribution in [3.63, 3.8) is 0 Å². The number of hydrogen-bond acceptors (Lipinski definition) is 3. The number of aliphatic hydroxyl groups excluding tert-OH is 3. The summed E-state index contributed by atoms with van der Waals surface area (Å²) in [6, 6.07) is 9.94. The Bertz CT molecular complexity index is 664. The van der Waals surface area contributed by atoms with E-state index in [1.54, 1.807) is 0 Å². The van der Waals surface area contributed by atoms with Crippen LogP contribution in [0.4, 0.5) is 0 Å². The standard InChI is InChI=1S/C16H16O3/c17-11-7-6-9-5-4-8-2-1-3-10-12(8)13(9)14(11)16(19)15(10)18/h1-5,11,14-19H,6-7H2. The van der Waals surface area contributed by atoms with Crippen LogP contribution in [-0.2, 0) is 6.42 Å². The molecule has 3 nitrogen and oxygen atoms in total. The van der Waals surface area contributed by atoms with E-state index in [0.717, 1.165) is 28.3 Å². The fourth-order valence-corrected chi connectivity index (χ4v) is 3.78. The molecule has 0 radical (unpaired) electrons. The van der Waals surface area contributed by atoms with Crippen molar-refractivity contribution >= 4 is 10.8 Å². The lowest BCUT2D eigenvalue weighted by molar-refractivity contribution is -0.0383. The molecule has 0 amide bonds. The van der Waals surface area contributed by atoms with Gasteiger partial charge in [0.2, 0.25) is 0 Å². The maximum absolute atomic E-state index is 10.4. The fraction of sp³-hybridized carbons (Fsp3) is 0.375. The molecule has 98 valence electrons. The van der Waals surface area contributed by atoms with E-state index in [1.165, 1.54) is 5.56 Å². The SMILES string of the molecule is OC1CCc2ccc3cccc4c3c2C1C(O)C4O. The Balaban J connectivity index is 2.15. The molecule has 0 spiro atoms. The van der Waals surface area contributed by atoms with E-state index < -0.39 is 18.3 Å². The van der Waals surface area contributed by atoms with Gasteiger partial charge in [-0.1, -0.05) is 30.3 Å². The number of hydrogen-bond donors (Lipinski definition) is 3. The zero-order valence-corrected chi connectivity index (χ0v) is 10.5. The van der Waals surface area contributed by atoms with E-state index in [1.807, 2.05) is 18.2 Å². The highest BCUT2D eigenvalue weighted by Crippen LogP contribution is 2.47. The second kappa shape index (κ2) is 3.79. The monoisotopic (exact) mass is 256 g/mol. The Morgan fingerprint density at radius 3 is 2.68 bits per heavy atom. The molecule has 2 aromatic carbocycles. The summed E-state index contributed by atoms with van der Waals surface area (Å²) >= 11 is 0. The zero-order valence-electron chi connectivity index (χ0n) is 10.5. The summed E-state index contributed by atoms with van der Waals surface area (Å²) in [6.45, 7) is 0. The highest BCUT2D eigenvalue weighted by atomic mass is 16.3. The fourth-order valence-electron chi connectivity index (χ4n) is 3.78. The number of rotatable bonds is 0. The van der Waals surface area contributed by atoms with Crippen LogP contribution in [0.3, 0.4) is 0 Å². The van der Waals surface area contributed by atoms with Crippen molar-refractivity contribution in [1.82, 2.24) is 0 Å². The third-order valence-electron chi connectivity index (χ3n) is 4.68. The molecule has 0 bridgehead atoms. The van der Waals surface area contributed by atoms with E-state index >= 15 is 0 Å². The molecule has 0 saturated carbocycles. The lowest BCUT2D eigenvalue weighted by Gasteiger charge is -2.40. The van der Waals surface area contributed by atoms with Crippen molar-refractivity contribution in [1.29, 1.82) is 0 Å². The van der Waals surface area contributed by atoms with Crippen molar-refractivity contribution in [3.05, 3.63) is 47.0 Å². The third kappa shape index (κ3) is 1.38. The van der Waals surface area contributed by atoms with Gasteiger partial charge in [-0.3, -0.25) is 0 Å². The van der Waals surface area contributed by atoms with E-state index in [4.69, 9.17) is 0 Å². The van der Waals surface area contributed by atoms with Crippen molar-refractivity contribution in [2.75, 3.05) is 0 Å². The van der Waals surface area contributed by atoms with Gasteiger partial charge in [-0.15, -0.1) is 0 Å². The quantitative estimate of drug-likeness (QED) is 0.671. The minimum atomic E-state index is -0.922. The van der Waals surface area contributed by atoms with Crippen LogP contribution in [0.1, 0.15) is 35.1 Å². The highest BCUT2D eigenvalue weighted by molar-refractivity contribution is 5.92. The molecule has 0 saturated heterocycles. The average Bonchev–Trinajstić information content (AvgIpc) is 2.43. The zero-order chi connectivity index (χ0) is 13.1. The molecule has 0 fully saturated rings. The number of aryl methyl sites for hydroxylation is 1. The maximum Gasteiger partial charge on any atom is 0.106 e. The minimum Gasteiger partial charge on any atom is -0.392 e. The first-order chi connectivity index (χ1) is 9.18. The number of aliphatic hydroxyl groups is 3. The second-order valence-corrected chi connectivity index (χ2v) is 5.65. The van der Waals surface area contributed by atoms with Crippen LogP contribution >= 0.6 is 0 Å². The molecule has 3 heteroatoms. The van der Waals surface area contributed by atoms with Gasteiger partial charge in [0.15, 0.2) is 0 Å². The minimum absolute atomic E-state index is 0.364. The van der Waals surface area contributed by atoms with Crippen LogP contribution in [0, 0.1) is 0 Å². The molecule has 2 aliphatic rings. The largest absolute Gasteiger partial charge is 0.392 e. The summed E-state index contributed by atoms with van der Waals surface area (Å²) < 4.78 is 0. The van der Waals surface area contributed by atoms with Gasteiger partial charge in [-0.05, 0) is 40.3 Å². The summed E-state index contributed by atoms with van der Waals surface area (Å²) in [5.74, 6) is -0.364. The third-order valence-corrected chi connectivity index (χ3v) is 4.68. The van der Waals surface area contributed by atoms with Gasteiger partial charge in [-0.2, -0.15) is 0 Å². The van der Waals surface area contributed by atoms with Gasteiger partial charge in [0.25, 0.3) is 0 Å². The Morgan fingerprint density at radius 1 is 1.00 bits per heavy atom. The molecule has 2 aliphatic carbocycles. The molecule has 3 N–H and O–H groups in total. The topological polar surface area (TPSA) is 60.7 Å². The highest BCUT2D eigenvalue weighted by Gasteiger charge is 2.42. The molecule has 4 atom stereocenters. The van der Waals surface area contributed by atoms with Gasteiger partial charge in [0.05, 0.1) is 12.2 Å². The average molecular weight is 256 g/mol. The van der Waals surface area contributed by atoms with E-state index in [2.05, 4.69) is 12.1 Å². The van der Waals surface area contributed by atoms with Crippen molar-refractivity contribution in [2.45, 2.75) is 37.1 Å². The molecule has 19 heavy (non-hydrogen) atoms. The van der Waals surface area contributed by atoms with E-state index in [0.29, 0.717) is 6.42 Å². The van der Waals surface area contributed by atoms with Crippen LogP contribution in [0.15, 0.2) is 30.3 Å². The summed E-state index contributed by atoms with van der Waals surface area (Å²) in [5, 5.41) is 33.0. The Kier molecular flexibility index (Phi) is 2.28. The first-order valence-corrected chi connectivity index (χ1v) is 6.77. The Hall–Kier alpha value is -1.42. The van der Waals surface area contributed by atoms with Gasteiger partial charge >= 0.3 is 0 Å². The predicted octanol–water partition coefficient (Wildman–Crippen LogP) is 1.64. The van der Waals surface area contributed by atoms with Crippen LogP contribution in [0.2, 0.25) is 0 Å². The van der Waals surface area contributed by atoms with Crippen LogP contribution in [0.5, 0.6) is 0 Å². The molecule has 0 heterocycles. The summed E-state index contributed by atoms with van der Waals surface area (Å²) in [4.78, 5) is 0. The molecular formula is C16H16O3. The summed E-state index contributed by atoms with van der Waals surface area (Å²) in [6.07, 6.45) is -0.926. The lowest BCUT2D eigenvalue weighted by Crippen LogP contribution is -2.40. The second-order valence-electron chi connectivity index (χ2n) is 5.65. The molecule has 2 aromatic rings. The smallest absolute Gasteiger partial charge is 0.106 e. The normalized spacial score (nSPS) is 32.6. The molecule has 0 aliphatic heterocycles.